The van der Waals surface area contributed by atoms with Crippen LogP contribution in [0.3, 0.4) is 0 Å². The van der Waals surface area contributed by atoms with Gasteiger partial charge in [-0.05, 0) is 78.2 Å². The largest absolute Gasteiger partial charge is 0.456 e. The Hall–Kier alpha value is -5.92. The standard InChI is InChI=1S/C44H28O/c1-2-13-30(14-3-1)42-35-17-6-8-19-37(35)43(38-20-9-7-18-36(38)42)31-27-25-29(26-28-31)32-15-4-5-16-33(32)34-22-12-24-41-44(34)39-21-10-11-23-40(39)45-41/h1-28H. The van der Waals surface area contributed by atoms with E-state index in [1.807, 2.05) is 12.1 Å². The van der Waals surface area contributed by atoms with Gasteiger partial charge in [0.05, 0.1) is 0 Å². The Morgan fingerprint density at radius 2 is 0.711 bits per heavy atom. The molecule has 0 saturated carbocycles. The van der Waals surface area contributed by atoms with E-state index < -0.39 is 0 Å². The molecule has 0 aliphatic rings. The second kappa shape index (κ2) is 10.4. The fourth-order valence-electron chi connectivity index (χ4n) is 7.14. The molecule has 0 aliphatic carbocycles. The van der Waals surface area contributed by atoms with Gasteiger partial charge >= 0.3 is 0 Å². The molecule has 210 valence electrons. The van der Waals surface area contributed by atoms with Crippen LogP contribution in [0.25, 0.3) is 88.0 Å². The van der Waals surface area contributed by atoms with Gasteiger partial charge in [0.2, 0.25) is 0 Å². The predicted octanol–water partition coefficient (Wildman–Crippen LogP) is 12.6. The molecule has 0 aliphatic heterocycles. The summed E-state index contributed by atoms with van der Waals surface area (Å²) in [5, 5.41) is 7.38. The van der Waals surface area contributed by atoms with E-state index in [1.165, 1.54) is 66.1 Å². The molecular weight excluding hydrogens is 544 g/mol. The van der Waals surface area contributed by atoms with E-state index in [0.717, 1.165) is 21.9 Å². The quantitative estimate of drug-likeness (QED) is 0.191. The van der Waals surface area contributed by atoms with Crippen LogP contribution in [-0.4, -0.2) is 0 Å². The molecule has 0 radical (unpaired) electrons. The third-order valence-electron chi connectivity index (χ3n) is 9.10. The van der Waals surface area contributed by atoms with Crippen LogP contribution in [-0.2, 0) is 0 Å². The molecule has 1 aromatic heterocycles. The van der Waals surface area contributed by atoms with Gasteiger partial charge in [0.1, 0.15) is 11.2 Å². The minimum atomic E-state index is 0.913. The first-order valence-corrected chi connectivity index (χ1v) is 15.4. The van der Waals surface area contributed by atoms with Gasteiger partial charge in [-0.1, -0.05) is 158 Å². The lowest BCUT2D eigenvalue weighted by atomic mass is 9.85. The van der Waals surface area contributed by atoms with Crippen LogP contribution >= 0.6 is 0 Å². The summed E-state index contributed by atoms with van der Waals surface area (Å²) in [5.74, 6) is 0. The van der Waals surface area contributed by atoms with Gasteiger partial charge in [0.25, 0.3) is 0 Å². The Morgan fingerprint density at radius 3 is 1.36 bits per heavy atom. The van der Waals surface area contributed by atoms with Crippen LogP contribution in [0.4, 0.5) is 0 Å². The third-order valence-corrected chi connectivity index (χ3v) is 9.10. The third kappa shape index (κ3) is 4.09. The molecule has 0 spiro atoms. The summed E-state index contributed by atoms with van der Waals surface area (Å²) in [7, 11) is 0. The fraction of sp³-hybridized carbons (Fsp3) is 0. The topological polar surface area (TPSA) is 13.1 Å². The van der Waals surface area contributed by atoms with E-state index >= 15 is 0 Å². The van der Waals surface area contributed by atoms with Gasteiger partial charge in [-0.2, -0.15) is 0 Å². The van der Waals surface area contributed by atoms with Gasteiger partial charge < -0.3 is 4.42 Å². The summed E-state index contributed by atoms with van der Waals surface area (Å²) in [6.45, 7) is 0. The maximum atomic E-state index is 6.23. The van der Waals surface area contributed by atoms with Crippen molar-refractivity contribution < 1.29 is 4.42 Å². The highest BCUT2D eigenvalue weighted by atomic mass is 16.3. The highest BCUT2D eigenvalue weighted by Crippen LogP contribution is 2.45. The number of hydrogen-bond donors (Lipinski definition) is 0. The first-order chi connectivity index (χ1) is 22.3. The molecule has 0 unspecified atom stereocenters. The van der Waals surface area contributed by atoms with E-state index in [1.54, 1.807) is 0 Å². The molecule has 0 N–H and O–H groups in total. The molecule has 8 aromatic carbocycles. The Morgan fingerprint density at radius 1 is 0.267 bits per heavy atom. The summed E-state index contributed by atoms with van der Waals surface area (Å²) < 4.78 is 6.23. The Labute approximate surface area is 261 Å². The summed E-state index contributed by atoms with van der Waals surface area (Å²) in [4.78, 5) is 0. The zero-order chi connectivity index (χ0) is 29.7. The number of hydrogen-bond acceptors (Lipinski definition) is 1. The first-order valence-electron chi connectivity index (χ1n) is 15.4. The Balaban J connectivity index is 1.22. The van der Waals surface area contributed by atoms with Gasteiger partial charge in [0, 0.05) is 10.8 Å². The van der Waals surface area contributed by atoms with Gasteiger partial charge in [-0.3, -0.25) is 0 Å². The van der Waals surface area contributed by atoms with Crippen molar-refractivity contribution in [2.75, 3.05) is 0 Å². The minimum absolute atomic E-state index is 0.913. The van der Waals surface area contributed by atoms with E-state index in [-0.39, 0.29) is 0 Å². The second-order valence-electron chi connectivity index (χ2n) is 11.6. The summed E-state index contributed by atoms with van der Waals surface area (Å²) in [6.07, 6.45) is 0. The molecular formula is C44H28O. The lowest BCUT2D eigenvalue weighted by molar-refractivity contribution is 0.669. The Bertz CT molecular complexity index is 2460. The number of benzene rings is 8. The number of para-hydroxylation sites is 1. The number of fused-ring (bicyclic) bond motifs is 5. The summed E-state index contributed by atoms with van der Waals surface area (Å²) in [5.41, 5.74) is 11.6. The van der Waals surface area contributed by atoms with Gasteiger partial charge in [0.15, 0.2) is 0 Å². The molecule has 0 amide bonds. The highest BCUT2D eigenvalue weighted by Gasteiger charge is 2.18. The molecule has 9 aromatic rings. The lowest BCUT2D eigenvalue weighted by Gasteiger charge is -2.18. The van der Waals surface area contributed by atoms with Crippen LogP contribution < -0.4 is 0 Å². The minimum Gasteiger partial charge on any atom is -0.456 e. The van der Waals surface area contributed by atoms with Crippen molar-refractivity contribution in [2.45, 2.75) is 0 Å². The molecule has 45 heavy (non-hydrogen) atoms. The maximum absolute atomic E-state index is 6.23. The fourth-order valence-corrected chi connectivity index (χ4v) is 7.14. The van der Waals surface area contributed by atoms with E-state index in [2.05, 4.69) is 158 Å². The number of rotatable bonds is 4. The van der Waals surface area contributed by atoms with Crippen molar-refractivity contribution in [2.24, 2.45) is 0 Å². The van der Waals surface area contributed by atoms with Gasteiger partial charge in [-0.15, -0.1) is 0 Å². The molecule has 9 rings (SSSR count). The van der Waals surface area contributed by atoms with E-state index in [9.17, 15) is 0 Å². The average Bonchev–Trinajstić information content (AvgIpc) is 3.50. The van der Waals surface area contributed by atoms with Crippen LogP contribution in [0.1, 0.15) is 0 Å². The molecule has 0 saturated heterocycles. The van der Waals surface area contributed by atoms with Crippen molar-refractivity contribution in [3.05, 3.63) is 170 Å². The number of furan rings is 1. The highest BCUT2D eigenvalue weighted by molar-refractivity contribution is 6.21. The molecule has 0 bridgehead atoms. The van der Waals surface area contributed by atoms with E-state index in [4.69, 9.17) is 4.42 Å². The molecule has 1 heterocycles. The van der Waals surface area contributed by atoms with Crippen LogP contribution in [0, 0.1) is 0 Å². The molecule has 0 fully saturated rings. The van der Waals surface area contributed by atoms with E-state index in [0.29, 0.717) is 0 Å². The predicted molar refractivity (Wildman–Crippen MR) is 190 cm³/mol. The smallest absolute Gasteiger partial charge is 0.136 e. The monoisotopic (exact) mass is 572 g/mol. The Kier molecular flexibility index (Phi) is 5.89. The first kappa shape index (κ1) is 25.6. The van der Waals surface area contributed by atoms with Crippen molar-refractivity contribution in [3.63, 3.8) is 0 Å². The zero-order valence-electron chi connectivity index (χ0n) is 24.6. The molecule has 1 heteroatoms. The average molecular weight is 573 g/mol. The van der Waals surface area contributed by atoms with Gasteiger partial charge in [-0.25, -0.2) is 0 Å². The summed E-state index contributed by atoms with van der Waals surface area (Å²) in [6, 6.07) is 60.9. The van der Waals surface area contributed by atoms with Crippen molar-refractivity contribution in [3.8, 4) is 44.5 Å². The van der Waals surface area contributed by atoms with Crippen molar-refractivity contribution in [1.82, 2.24) is 0 Å². The summed E-state index contributed by atoms with van der Waals surface area (Å²) >= 11 is 0. The van der Waals surface area contributed by atoms with Crippen LogP contribution in [0.15, 0.2) is 174 Å². The zero-order valence-corrected chi connectivity index (χ0v) is 24.6. The van der Waals surface area contributed by atoms with Crippen molar-refractivity contribution in [1.29, 1.82) is 0 Å². The van der Waals surface area contributed by atoms with Crippen LogP contribution in [0.2, 0.25) is 0 Å². The van der Waals surface area contributed by atoms with Crippen molar-refractivity contribution >= 4 is 43.5 Å². The maximum Gasteiger partial charge on any atom is 0.136 e. The molecule has 1 nitrogen and oxygen atoms in total. The molecule has 0 atom stereocenters. The second-order valence-corrected chi connectivity index (χ2v) is 11.6. The van der Waals surface area contributed by atoms with Crippen LogP contribution in [0.5, 0.6) is 0 Å². The SMILES string of the molecule is c1ccc(-c2c3ccccc3c(-c3ccc(-c4ccccc4-c4cccc5oc6ccccc6c45)cc3)c3ccccc23)cc1. The normalized spacial score (nSPS) is 11.6. The lowest BCUT2D eigenvalue weighted by Crippen LogP contribution is -1.91.